The Morgan fingerprint density at radius 1 is 1.15 bits per heavy atom. The minimum atomic E-state index is -0.365. The van der Waals surface area contributed by atoms with Crippen LogP contribution in [0.3, 0.4) is 0 Å². The third kappa shape index (κ3) is 4.12. The highest BCUT2D eigenvalue weighted by Crippen LogP contribution is 2.35. The van der Waals surface area contributed by atoms with Crippen LogP contribution >= 0.6 is 0 Å². The standard InChI is InChI=1S/C22H35N3O/c1-21(2,3)25-13-10-18(17-25)16-23-20(26)22(11-14-24(4)15-12-22)19-8-6-5-7-9-19/h5-9,18H,10-17H2,1-4H3,(H,23,26)/t18-/m0/s1. The molecule has 1 atom stereocenters. The lowest BCUT2D eigenvalue weighted by molar-refractivity contribution is -0.128. The first-order chi connectivity index (χ1) is 12.3. The lowest BCUT2D eigenvalue weighted by Crippen LogP contribution is -2.52. The van der Waals surface area contributed by atoms with Crippen molar-refractivity contribution in [2.45, 2.75) is 51.0 Å². The van der Waals surface area contributed by atoms with Crippen LogP contribution in [0.5, 0.6) is 0 Å². The fourth-order valence-electron chi connectivity index (χ4n) is 4.42. The van der Waals surface area contributed by atoms with E-state index in [0.29, 0.717) is 5.92 Å². The maximum absolute atomic E-state index is 13.3. The number of hydrogen-bond acceptors (Lipinski definition) is 3. The third-order valence-electron chi connectivity index (χ3n) is 6.39. The van der Waals surface area contributed by atoms with Crippen molar-refractivity contribution in [1.82, 2.24) is 15.1 Å². The molecule has 0 bridgehead atoms. The van der Waals surface area contributed by atoms with Crippen molar-refractivity contribution in [1.29, 1.82) is 0 Å². The summed E-state index contributed by atoms with van der Waals surface area (Å²) in [5.41, 5.74) is 1.03. The number of carbonyl (C=O) groups is 1. The number of rotatable bonds is 4. The molecule has 4 heteroatoms. The van der Waals surface area contributed by atoms with Crippen molar-refractivity contribution in [3.63, 3.8) is 0 Å². The van der Waals surface area contributed by atoms with E-state index < -0.39 is 0 Å². The first-order valence-corrected chi connectivity index (χ1v) is 10.1. The number of nitrogens with zero attached hydrogens (tertiary/aromatic N) is 2. The summed E-state index contributed by atoms with van der Waals surface area (Å²) in [5, 5.41) is 3.34. The van der Waals surface area contributed by atoms with E-state index in [1.165, 1.54) is 12.0 Å². The molecule has 0 saturated carbocycles. The second-order valence-corrected chi connectivity index (χ2v) is 9.23. The predicted molar refractivity (Wildman–Crippen MR) is 107 cm³/mol. The quantitative estimate of drug-likeness (QED) is 0.900. The molecule has 2 aliphatic rings. The summed E-state index contributed by atoms with van der Waals surface area (Å²) in [6, 6.07) is 10.4. The summed E-state index contributed by atoms with van der Waals surface area (Å²) >= 11 is 0. The predicted octanol–water partition coefficient (Wildman–Crippen LogP) is 2.89. The van der Waals surface area contributed by atoms with Crippen LogP contribution in [-0.2, 0) is 10.2 Å². The fourth-order valence-corrected chi connectivity index (χ4v) is 4.42. The van der Waals surface area contributed by atoms with Crippen LogP contribution in [0, 0.1) is 5.92 Å². The molecule has 0 spiro atoms. The lowest BCUT2D eigenvalue weighted by Gasteiger charge is -2.40. The number of carbonyl (C=O) groups excluding carboxylic acids is 1. The molecule has 0 aromatic heterocycles. The van der Waals surface area contributed by atoms with Crippen LogP contribution in [-0.4, -0.2) is 61.0 Å². The van der Waals surface area contributed by atoms with E-state index in [-0.39, 0.29) is 16.9 Å². The van der Waals surface area contributed by atoms with Crippen molar-refractivity contribution >= 4 is 5.91 Å². The number of amides is 1. The summed E-state index contributed by atoms with van der Waals surface area (Å²) < 4.78 is 0. The monoisotopic (exact) mass is 357 g/mol. The minimum Gasteiger partial charge on any atom is -0.355 e. The molecule has 4 nitrogen and oxygen atoms in total. The summed E-state index contributed by atoms with van der Waals surface area (Å²) in [4.78, 5) is 18.2. The lowest BCUT2D eigenvalue weighted by atomic mass is 9.72. The molecular formula is C22H35N3O. The molecular weight excluding hydrogens is 322 g/mol. The molecule has 2 saturated heterocycles. The van der Waals surface area contributed by atoms with Crippen LogP contribution in [0.1, 0.15) is 45.6 Å². The van der Waals surface area contributed by atoms with Gasteiger partial charge in [-0.3, -0.25) is 9.69 Å². The molecule has 2 fully saturated rings. The Morgan fingerprint density at radius 3 is 2.38 bits per heavy atom. The molecule has 1 N–H and O–H groups in total. The normalized spacial score (nSPS) is 24.5. The Bertz CT molecular complexity index is 600. The zero-order valence-corrected chi connectivity index (χ0v) is 16.9. The third-order valence-corrected chi connectivity index (χ3v) is 6.39. The molecule has 2 aliphatic heterocycles. The molecule has 3 rings (SSSR count). The largest absolute Gasteiger partial charge is 0.355 e. The highest BCUT2D eigenvalue weighted by molar-refractivity contribution is 5.88. The van der Waals surface area contributed by atoms with Gasteiger partial charge in [0.05, 0.1) is 5.41 Å². The fraction of sp³-hybridized carbons (Fsp3) is 0.682. The summed E-state index contributed by atoms with van der Waals surface area (Å²) in [5.74, 6) is 0.795. The SMILES string of the molecule is CN1CCC(C(=O)NC[C@@H]2CCN(C(C)(C)C)C2)(c2ccccc2)CC1. The van der Waals surface area contributed by atoms with Crippen LogP contribution in [0.15, 0.2) is 30.3 Å². The Hall–Kier alpha value is -1.39. The van der Waals surface area contributed by atoms with Gasteiger partial charge in [-0.15, -0.1) is 0 Å². The van der Waals surface area contributed by atoms with Gasteiger partial charge in [-0.2, -0.15) is 0 Å². The van der Waals surface area contributed by atoms with E-state index in [9.17, 15) is 4.79 Å². The topological polar surface area (TPSA) is 35.6 Å². The second-order valence-electron chi connectivity index (χ2n) is 9.23. The average molecular weight is 358 g/mol. The Morgan fingerprint density at radius 2 is 1.81 bits per heavy atom. The molecule has 2 heterocycles. The summed E-state index contributed by atoms with van der Waals surface area (Å²) in [6.07, 6.45) is 2.98. The maximum atomic E-state index is 13.3. The number of piperidine rings is 1. The van der Waals surface area contributed by atoms with Gasteiger partial charge in [0, 0.05) is 18.6 Å². The van der Waals surface area contributed by atoms with E-state index in [1.54, 1.807) is 0 Å². The molecule has 144 valence electrons. The Kier molecular flexibility index (Phi) is 5.73. The van der Waals surface area contributed by atoms with Gasteiger partial charge >= 0.3 is 0 Å². The molecule has 26 heavy (non-hydrogen) atoms. The Labute approximate surface area is 158 Å². The van der Waals surface area contributed by atoms with Gasteiger partial charge in [0.2, 0.25) is 5.91 Å². The van der Waals surface area contributed by atoms with Gasteiger partial charge in [0.15, 0.2) is 0 Å². The second kappa shape index (κ2) is 7.69. The van der Waals surface area contributed by atoms with Crippen LogP contribution < -0.4 is 5.32 Å². The van der Waals surface area contributed by atoms with E-state index in [0.717, 1.165) is 45.6 Å². The molecule has 1 aromatic rings. The van der Waals surface area contributed by atoms with Crippen molar-refractivity contribution in [2.24, 2.45) is 5.92 Å². The zero-order valence-electron chi connectivity index (χ0n) is 16.9. The van der Waals surface area contributed by atoms with Crippen molar-refractivity contribution in [3.05, 3.63) is 35.9 Å². The first kappa shape index (κ1) is 19.4. The van der Waals surface area contributed by atoms with Gasteiger partial charge in [-0.1, -0.05) is 30.3 Å². The summed E-state index contributed by atoms with van der Waals surface area (Å²) in [7, 11) is 2.15. The van der Waals surface area contributed by atoms with Crippen LogP contribution in [0.2, 0.25) is 0 Å². The molecule has 1 amide bonds. The minimum absolute atomic E-state index is 0.220. The van der Waals surface area contributed by atoms with Crippen LogP contribution in [0.4, 0.5) is 0 Å². The molecule has 1 aromatic carbocycles. The zero-order chi connectivity index (χ0) is 18.8. The van der Waals surface area contributed by atoms with E-state index in [4.69, 9.17) is 0 Å². The number of benzene rings is 1. The Balaban J connectivity index is 1.66. The number of nitrogens with one attached hydrogen (secondary N) is 1. The van der Waals surface area contributed by atoms with Gasteiger partial charge in [-0.05, 0) is 78.2 Å². The first-order valence-electron chi connectivity index (χ1n) is 10.1. The van der Waals surface area contributed by atoms with Crippen molar-refractivity contribution in [2.75, 3.05) is 39.8 Å². The molecule has 0 aliphatic carbocycles. The number of likely N-dealkylation sites (tertiary alicyclic amines) is 2. The molecule has 0 radical (unpaired) electrons. The highest BCUT2D eigenvalue weighted by Gasteiger charge is 2.42. The average Bonchev–Trinajstić information content (AvgIpc) is 3.11. The highest BCUT2D eigenvalue weighted by atomic mass is 16.2. The molecule has 0 unspecified atom stereocenters. The smallest absolute Gasteiger partial charge is 0.230 e. The van der Waals surface area contributed by atoms with E-state index in [1.807, 2.05) is 6.07 Å². The van der Waals surface area contributed by atoms with Crippen molar-refractivity contribution in [3.8, 4) is 0 Å². The maximum Gasteiger partial charge on any atom is 0.230 e. The van der Waals surface area contributed by atoms with Gasteiger partial charge in [0.25, 0.3) is 0 Å². The van der Waals surface area contributed by atoms with Gasteiger partial charge in [-0.25, -0.2) is 0 Å². The van der Waals surface area contributed by atoms with E-state index in [2.05, 4.69) is 67.2 Å². The van der Waals surface area contributed by atoms with E-state index >= 15 is 0 Å². The van der Waals surface area contributed by atoms with Crippen LogP contribution in [0.25, 0.3) is 0 Å². The summed E-state index contributed by atoms with van der Waals surface area (Å²) in [6.45, 7) is 11.8. The van der Waals surface area contributed by atoms with Crippen molar-refractivity contribution < 1.29 is 4.79 Å². The van der Waals surface area contributed by atoms with Gasteiger partial charge < -0.3 is 10.2 Å². The van der Waals surface area contributed by atoms with Gasteiger partial charge in [0.1, 0.15) is 0 Å². The number of hydrogen-bond donors (Lipinski definition) is 1.